The number of hydrogen-bond donors (Lipinski definition) is 2. The van der Waals surface area contributed by atoms with Crippen molar-refractivity contribution < 1.29 is 9.53 Å². The second kappa shape index (κ2) is 9.00. The number of nitrogens with two attached hydrogens (primary N) is 1. The van der Waals surface area contributed by atoms with Crippen molar-refractivity contribution in [3.05, 3.63) is 35.4 Å². The van der Waals surface area contributed by atoms with Crippen molar-refractivity contribution in [1.29, 1.82) is 0 Å². The Labute approximate surface area is 126 Å². The molecule has 0 atom stereocenters. The number of rotatable bonds is 7. The summed E-state index contributed by atoms with van der Waals surface area (Å²) in [6.45, 7) is 5.80. The second-order valence-electron chi connectivity index (χ2n) is 5.31. The minimum Gasteiger partial charge on any atom is -0.465 e. The Balaban J connectivity index is 2.33. The highest BCUT2D eigenvalue weighted by molar-refractivity contribution is 5.89. The first kappa shape index (κ1) is 17.0. The van der Waals surface area contributed by atoms with E-state index in [4.69, 9.17) is 5.73 Å². The first-order valence-electron chi connectivity index (χ1n) is 7.24. The van der Waals surface area contributed by atoms with Gasteiger partial charge in [-0.3, -0.25) is 4.99 Å². The van der Waals surface area contributed by atoms with Crippen LogP contribution in [0.15, 0.2) is 29.3 Å². The molecular weight excluding hydrogens is 266 g/mol. The molecule has 0 amide bonds. The average molecular weight is 291 g/mol. The van der Waals surface area contributed by atoms with Crippen LogP contribution in [0.5, 0.6) is 0 Å². The Kier molecular flexibility index (Phi) is 7.29. The lowest BCUT2D eigenvalue weighted by Crippen LogP contribution is -2.33. The molecule has 1 aromatic carbocycles. The van der Waals surface area contributed by atoms with Crippen LogP contribution in [0.4, 0.5) is 0 Å². The van der Waals surface area contributed by atoms with Gasteiger partial charge < -0.3 is 15.8 Å². The molecule has 0 aliphatic rings. The molecule has 116 valence electrons. The van der Waals surface area contributed by atoms with E-state index in [1.165, 1.54) is 7.11 Å². The third-order valence-electron chi connectivity index (χ3n) is 3.08. The highest BCUT2D eigenvalue weighted by Gasteiger charge is 2.04. The predicted octanol–water partition coefficient (Wildman–Crippen LogP) is 1.97. The monoisotopic (exact) mass is 291 g/mol. The van der Waals surface area contributed by atoms with E-state index >= 15 is 0 Å². The maximum atomic E-state index is 11.3. The first-order chi connectivity index (χ1) is 10.0. The van der Waals surface area contributed by atoms with Gasteiger partial charge in [-0.1, -0.05) is 26.0 Å². The Morgan fingerprint density at radius 2 is 2.00 bits per heavy atom. The van der Waals surface area contributed by atoms with Crippen molar-refractivity contribution in [2.75, 3.05) is 20.2 Å². The van der Waals surface area contributed by atoms with Crippen LogP contribution in [-0.2, 0) is 11.2 Å². The Morgan fingerprint density at radius 3 is 2.57 bits per heavy atom. The zero-order valence-electron chi connectivity index (χ0n) is 13.1. The number of guanidine groups is 1. The fourth-order valence-electron chi connectivity index (χ4n) is 1.76. The summed E-state index contributed by atoms with van der Waals surface area (Å²) in [5.74, 6) is 0.804. The van der Waals surface area contributed by atoms with Crippen molar-refractivity contribution >= 4 is 11.9 Å². The van der Waals surface area contributed by atoms with E-state index < -0.39 is 0 Å². The van der Waals surface area contributed by atoms with Gasteiger partial charge in [0.2, 0.25) is 0 Å². The Bertz CT molecular complexity index is 467. The number of nitrogens with one attached hydrogen (secondary N) is 1. The molecule has 1 rings (SSSR count). The van der Waals surface area contributed by atoms with Crippen LogP contribution in [0, 0.1) is 5.92 Å². The van der Waals surface area contributed by atoms with Crippen LogP contribution in [0.3, 0.4) is 0 Å². The Morgan fingerprint density at radius 1 is 1.33 bits per heavy atom. The van der Waals surface area contributed by atoms with Crippen LogP contribution in [0.2, 0.25) is 0 Å². The molecule has 0 unspecified atom stereocenters. The zero-order valence-corrected chi connectivity index (χ0v) is 13.1. The molecule has 5 nitrogen and oxygen atoms in total. The van der Waals surface area contributed by atoms with Crippen molar-refractivity contribution in [3.8, 4) is 0 Å². The number of carbonyl (C=O) groups excluding carboxylic acids is 1. The molecule has 0 fully saturated rings. The summed E-state index contributed by atoms with van der Waals surface area (Å²) in [6.07, 6.45) is 1.86. The number of methoxy groups -OCH3 is 1. The summed E-state index contributed by atoms with van der Waals surface area (Å²) in [5, 5.41) is 3.09. The number of carbonyl (C=O) groups is 1. The quantitative estimate of drug-likeness (QED) is 0.457. The summed E-state index contributed by atoms with van der Waals surface area (Å²) in [4.78, 5) is 15.6. The van der Waals surface area contributed by atoms with E-state index in [1.54, 1.807) is 12.1 Å². The van der Waals surface area contributed by atoms with Gasteiger partial charge in [0.05, 0.1) is 12.7 Å². The molecule has 1 aromatic rings. The van der Waals surface area contributed by atoms with E-state index in [-0.39, 0.29) is 5.97 Å². The summed E-state index contributed by atoms with van der Waals surface area (Å²) < 4.78 is 4.66. The normalized spacial score (nSPS) is 11.5. The first-order valence-corrected chi connectivity index (χ1v) is 7.24. The average Bonchev–Trinajstić information content (AvgIpc) is 2.46. The van der Waals surface area contributed by atoms with Crippen LogP contribution >= 0.6 is 0 Å². The van der Waals surface area contributed by atoms with Crippen LogP contribution < -0.4 is 11.1 Å². The molecule has 0 bridgehead atoms. The summed E-state index contributed by atoms with van der Waals surface area (Å²) in [7, 11) is 1.38. The number of benzene rings is 1. The molecule has 0 aliphatic heterocycles. The SMILES string of the molecule is COC(=O)c1ccc(CCNC(N)=NCCC(C)C)cc1. The van der Waals surface area contributed by atoms with Gasteiger partial charge in [-0.05, 0) is 36.5 Å². The van der Waals surface area contributed by atoms with Gasteiger partial charge >= 0.3 is 5.97 Å². The van der Waals surface area contributed by atoms with Gasteiger partial charge in [-0.25, -0.2) is 4.79 Å². The lowest BCUT2D eigenvalue weighted by atomic mass is 10.1. The maximum Gasteiger partial charge on any atom is 0.337 e. The van der Waals surface area contributed by atoms with Crippen molar-refractivity contribution in [2.24, 2.45) is 16.6 Å². The summed E-state index contributed by atoms with van der Waals surface area (Å²) in [5.41, 5.74) is 7.47. The standard InChI is InChI=1S/C16H25N3O2/c1-12(2)8-10-18-16(17)19-11-9-13-4-6-14(7-5-13)15(20)21-3/h4-7,12H,8-11H2,1-3H3,(H3,17,18,19). The van der Waals surface area contributed by atoms with E-state index in [1.807, 2.05) is 12.1 Å². The minimum absolute atomic E-state index is 0.318. The van der Waals surface area contributed by atoms with Gasteiger partial charge in [0.25, 0.3) is 0 Å². The van der Waals surface area contributed by atoms with Gasteiger partial charge in [-0.15, -0.1) is 0 Å². The molecule has 0 saturated heterocycles. The lowest BCUT2D eigenvalue weighted by Gasteiger charge is -2.07. The fraction of sp³-hybridized carbons (Fsp3) is 0.500. The molecule has 3 N–H and O–H groups in total. The highest BCUT2D eigenvalue weighted by atomic mass is 16.5. The van der Waals surface area contributed by atoms with E-state index in [9.17, 15) is 4.79 Å². The van der Waals surface area contributed by atoms with Gasteiger partial charge in [0.1, 0.15) is 0 Å². The van der Waals surface area contributed by atoms with Gasteiger partial charge in [0.15, 0.2) is 5.96 Å². The molecule has 5 heteroatoms. The summed E-state index contributed by atoms with van der Waals surface area (Å²) in [6, 6.07) is 7.36. The number of esters is 1. The van der Waals surface area contributed by atoms with Crippen molar-refractivity contribution in [2.45, 2.75) is 26.7 Å². The van der Waals surface area contributed by atoms with Crippen LogP contribution in [-0.4, -0.2) is 32.1 Å². The predicted molar refractivity (Wildman–Crippen MR) is 85.4 cm³/mol. The van der Waals surface area contributed by atoms with Crippen molar-refractivity contribution in [1.82, 2.24) is 5.32 Å². The number of aliphatic imine (C=N–C) groups is 1. The van der Waals surface area contributed by atoms with Crippen LogP contribution in [0.1, 0.15) is 36.2 Å². The van der Waals surface area contributed by atoms with E-state index in [2.05, 4.69) is 28.9 Å². The fourth-order valence-corrected chi connectivity index (χ4v) is 1.76. The third-order valence-corrected chi connectivity index (χ3v) is 3.08. The van der Waals surface area contributed by atoms with E-state index in [0.717, 1.165) is 24.9 Å². The van der Waals surface area contributed by atoms with Crippen LogP contribution in [0.25, 0.3) is 0 Å². The molecule has 0 aromatic heterocycles. The number of nitrogens with zero attached hydrogens (tertiary/aromatic N) is 1. The van der Waals surface area contributed by atoms with Gasteiger partial charge in [-0.2, -0.15) is 0 Å². The second-order valence-corrected chi connectivity index (χ2v) is 5.31. The maximum absolute atomic E-state index is 11.3. The molecule has 0 heterocycles. The smallest absolute Gasteiger partial charge is 0.337 e. The minimum atomic E-state index is -0.318. The molecule has 0 radical (unpaired) electrons. The summed E-state index contributed by atoms with van der Waals surface area (Å²) >= 11 is 0. The lowest BCUT2D eigenvalue weighted by molar-refractivity contribution is 0.0600. The topological polar surface area (TPSA) is 76.7 Å². The zero-order chi connectivity index (χ0) is 15.7. The molecule has 0 saturated carbocycles. The van der Waals surface area contributed by atoms with Crippen molar-refractivity contribution in [3.63, 3.8) is 0 Å². The third kappa shape index (κ3) is 6.79. The largest absolute Gasteiger partial charge is 0.465 e. The Hall–Kier alpha value is -2.04. The molecule has 21 heavy (non-hydrogen) atoms. The van der Waals surface area contributed by atoms with E-state index in [0.29, 0.717) is 24.0 Å². The molecule has 0 spiro atoms. The number of ether oxygens (including phenoxy) is 1. The highest BCUT2D eigenvalue weighted by Crippen LogP contribution is 2.06. The molecule has 0 aliphatic carbocycles. The number of hydrogen-bond acceptors (Lipinski definition) is 3. The molecular formula is C16H25N3O2. The van der Waals surface area contributed by atoms with Gasteiger partial charge in [0, 0.05) is 13.1 Å².